The van der Waals surface area contributed by atoms with E-state index < -0.39 is 18.7 Å². The Bertz CT molecular complexity index is 429. The van der Waals surface area contributed by atoms with Gasteiger partial charge in [0.15, 0.2) is 0 Å². The summed E-state index contributed by atoms with van der Waals surface area (Å²) < 4.78 is 36.8. The van der Waals surface area contributed by atoms with Gasteiger partial charge in [-0.25, -0.2) is 4.79 Å². The molecule has 1 N–H and O–H groups in total. The summed E-state index contributed by atoms with van der Waals surface area (Å²) in [6.07, 6.45) is -4.37. The number of benzene rings is 1. The van der Waals surface area contributed by atoms with Crippen LogP contribution in [0, 0.1) is 6.92 Å². The Morgan fingerprint density at radius 1 is 1.41 bits per heavy atom. The van der Waals surface area contributed by atoms with E-state index in [2.05, 4.69) is 0 Å². The summed E-state index contributed by atoms with van der Waals surface area (Å²) in [5.74, 6) is -1.24. The van der Waals surface area contributed by atoms with Crippen molar-refractivity contribution in [2.45, 2.75) is 13.1 Å². The SMILES string of the molecule is Cc1cccc(C(=O)O)c1N(C)CC(F)(F)F. The molecule has 0 saturated heterocycles. The van der Waals surface area contributed by atoms with E-state index in [0.29, 0.717) is 5.56 Å². The molecule has 0 spiro atoms. The Morgan fingerprint density at radius 3 is 2.47 bits per heavy atom. The summed E-state index contributed by atoms with van der Waals surface area (Å²) in [6.45, 7) is 0.396. The van der Waals surface area contributed by atoms with Crippen molar-refractivity contribution in [1.29, 1.82) is 0 Å². The van der Waals surface area contributed by atoms with Crippen LogP contribution in [0.5, 0.6) is 0 Å². The largest absolute Gasteiger partial charge is 0.478 e. The van der Waals surface area contributed by atoms with Crippen molar-refractivity contribution in [3.05, 3.63) is 29.3 Å². The summed E-state index contributed by atoms with van der Waals surface area (Å²) in [5, 5.41) is 8.93. The van der Waals surface area contributed by atoms with Crippen molar-refractivity contribution in [2.75, 3.05) is 18.5 Å². The highest BCUT2D eigenvalue weighted by Gasteiger charge is 2.31. The van der Waals surface area contributed by atoms with Gasteiger partial charge >= 0.3 is 12.1 Å². The molecule has 1 aromatic rings. The van der Waals surface area contributed by atoms with Crippen LogP contribution in [0.25, 0.3) is 0 Å². The van der Waals surface area contributed by atoms with Gasteiger partial charge in [-0.1, -0.05) is 12.1 Å². The summed E-state index contributed by atoms with van der Waals surface area (Å²) in [7, 11) is 1.22. The maximum absolute atomic E-state index is 12.3. The third-order valence-corrected chi connectivity index (χ3v) is 2.27. The monoisotopic (exact) mass is 247 g/mol. The molecule has 1 rings (SSSR count). The highest BCUT2D eigenvalue weighted by Crippen LogP contribution is 2.27. The van der Waals surface area contributed by atoms with Gasteiger partial charge < -0.3 is 10.0 Å². The molecule has 1 aromatic carbocycles. The minimum atomic E-state index is -4.37. The molecular weight excluding hydrogens is 235 g/mol. The number of aromatic carboxylic acids is 1. The first kappa shape index (κ1) is 13.3. The van der Waals surface area contributed by atoms with E-state index in [9.17, 15) is 18.0 Å². The van der Waals surface area contributed by atoms with Crippen molar-refractivity contribution in [3.8, 4) is 0 Å². The summed E-state index contributed by atoms with van der Waals surface area (Å²) in [4.78, 5) is 11.8. The molecule has 0 heterocycles. The fourth-order valence-corrected chi connectivity index (χ4v) is 1.69. The molecule has 0 fully saturated rings. The summed E-state index contributed by atoms with van der Waals surface area (Å²) in [5.41, 5.74) is 0.464. The Kier molecular flexibility index (Phi) is 3.65. The van der Waals surface area contributed by atoms with Crippen LogP contribution in [0.4, 0.5) is 18.9 Å². The van der Waals surface area contributed by atoms with Gasteiger partial charge in [-0.2, -0.15) is 13.2 Å². The van der Waals surface area contributed by atoms with Crippen LogP contribution in [0.15, 0.2) is 18.2 Å². The molecule has 0 radical (unpaired) electrons. The second kappa shape index (κ2) is 4.65. The minimum Gasteiger partial charge on any atom is -0.478 e. The number of carboxylic acid groups (broad SMARTS) is 1. The van der Waals surface area contributed by atoms with Gasteiger partial charge in [0, 0.05) is 7.05 Å². The number of alkyl halides is 3. The third kappa shape index (κ3) is 3.37. The maximum atomic E-state index is 12.3. The fourth-order valence-electron chi connectivity index (χ4n) is 1.69. The Hall–Kier alpha value is -1.72. The number of carboxylic acids is 1. The molecule has 94 valence electrons. The number of anilines is 1. The third-order valence-electron chi connectivity index (χ3n) is 2.27. The number of aryl methyl sites for hydroxylation is 1. The Morgan fingerprint density at radius 2 is 2.00 bits per heavy atom. The fraction of sp³-hybridized carbons (Fsp3) is 0.364. The molecule has 0 aliphatic rings. The van der Waals surface area contributed by atoms with E-state index in [1.54, 1.807) is 13.0 Å². The average molecular weight is 247 g/mol. The lowest BCUT2D eigenvalue weighted by Crippen LogP contribution is -2.32. The van der Waals surface area contributed by atoms with Gasteiger partial charge in [0.2, 0.25) is 0 Å². The lowest BCUT2D eigenvalue weighted by Gasteiger charge is -2.24. The van der Waals surface area contributed by atoms with Gasteiger partial charge in [0.05, 0.1) is 11.3 Å². The number of hydrogen-bond donors (Lipinski definition) is 1. The topological polar surface area (TPSA) is 40.5 Å². The molecule has 0 aliphatic carbocycles. The molecule has 0 saturated carbocycles. The van der Waals surface area contributed by atoms with Crippen molar-refractivity contribution in [3.63, 3.8) is 0 Å². The minimum absolute atomic E-state index is 0.0947. The van der Waals surface area contributed by atoms with Gasteiger partial charge in [0.1, 0.15) is 6.54 Å². The smallest absolute Gasteiger partial charge is 0.405 e. The molecule has 0 atom stereocenters. The average Bonchev–Trinajstić information content (AvgIpc) is 2.13. The molecular formula is C11H12F3NO2. The Labute approximate surface area is 96.5 Å². The number of halogens is 3. The molecule has 0 amide bonds. The van der Waals surface area contributed by atoms with Crippen molar-refractivity contribution in [2.24, 2.45) is 0 Å². The van der Waals surface area contributed by atoms with Gasteiger partial charge in [-0.05, 0) is 18.6 Å². The highest BCUT2D eigenvalue weighted by molar-refractivity contribution is 5.95. The molecule has 0 aromatic heterocycles. The van der Waals surface area contributed by atoms with E-state index in [-0.39, 0.29) is 11.3 Å². The zero-order valence-corrected chi connectivity index (χ0v) is 9.38. The van der Waals surface area contributed by atoms with Crippen LogP contribution in [0.3, 0.4) is 0 Å². The highest BCUT2D eigenvalue weighted by atomic mass is 19.4. The summed E-state index contributed by atoms with van der Waals surface area (Å²) in [6, 6.07) is 4.37. The number of nitrogens with zero attached hydrogens (tertiary/aromatic N) is 1. The van der Waals surface area contributed by atoms with Crippen LogP contribution in [0.2, 0.25) is 0 Å². The normalized spacial score (nSPS) is 11.4. The van der Waals surface area contributed by atoms with E-state index in [0.717, 1.165) is 4.90 Å². The maximum Gasteiger partial charge on any atom is 0.405 e. The second-order valence-electron chi connectivity index (χ2n) is 3.75. The van der Waals surface area contributed by atoms with Gasteiger partial charge in [-0.3, -0.25) is 0 Å². The van der Waals surface area contributed by atoms with E-state index >= 15 is 0 Å². The molecule has 6 heteroatoms. The van der Waals surface area contributed by atoms with Crippen LogP contribution >= 0.6 is 0 Å². The number of carbonyl (C=O) groups is 1. The lowest BCUT2D eigenvalue weighted by molar-refractivity contribution is -0.119. The van der Waals surface area contributed by atoms with E-state index in [4.69, 9.17) is 5.11 Å². The van der Waals surface area contributed by atoms with Crippen molar-refractivity contribution in [1.82, 2.24) is 0 Å². The molecule has 0 bridgehead atoms. The molecule has 17 heavy (non-hydrogen) atoms. The predicted molar refractivity (Wildman–Crippen MR) is 57.5 cm³/mol. The summed E-state index contributed by atoms with van der Waals surface area (Å²) >= 11 is 0. The predicted octanol–water partition coefficient (Wildman–Crippen LogP) is 2.69. The molecule has 0 unspecified atom stereocenters. The number of rotatable bonds is 3. The first-order valence-corrected chi connectivity index (χ1v) is 4.83. The van der Waals surface area contributed by atoms with Crippen molar-refractivity contribution < 1.29 is 23.1 Å². The van der Waals surface area contributed by atoms with E-state index in [1.807, 2.05) is 0 Å². The van der Waals surface area contributed by atoms with Gasteiger partial charge in [0.25, 0.3) is 0 Å². The van der Waals surface area contributed by atoms with E-state index in [1.165, 1.54) is 19.2 Å². The van der Waals surface area contributed by atoms with Crippen molar-refractivity contribution >= 4 is 11.7 Å². The van der Waals surface area contributed by atoms with Crippen LogP contribution in [-0.2, 0) is 0 Å². The second-order valence-corrected chi connectivity index (χ2v) is 3.75. The van der Waals surface area contributed by atoms with Crippen LogP contribution in [-0.4, -0.2) is 30.8 Å². The molecule has 0 aliphatic heterocycles. The van der Waals surface area contributed by atoms with Crippen LogP contribution in [0.1, 0.15) is 15.9 Å². The zero-order valence-electron chi connectivity index (χ0n) is 9.38. The number of para-hydroxylation sites is 1. The lowest BCUT2D eigenvalue weighted by atomic mass is 10.1. The number of hydrogen-bond acceptors (Lipinski definition) is 2. The van der Waals surface area contributed by atoms with Crippen LogP contribution < -0.4 is 4.90 Å². The standard InChI is InChI=1S/C11H12F3NO2/c1-7-4-3-5-8(10(16)17)9(7)15(2)6-11(12,13)14/h3-5H,6H2,1-2H3,(H,16,17). The van der Waals surface area contributed by atoms with Gasteiger partial charge in [-0.15, -0.1) is 0 Å². The zero-order chi connectivity index (χ0) is 13.2. The molecule has 3 nitrogen and oxygen atoms in total. The first-order valence-electron chi connectivity index (χ1n) is 4.83. The Balaban J connectivity index is 3.16. The first-order chi connectivity index (χ1) is 7.72. The quantitative estimate of drug-likeness (QED) is 0.892.